The molecule has 1 rings (SSSR count). The highest BCUT2D eigenvalue weighted by Gasteiger charge is 2.13. The Morgan fingerprint density at radius 3 is 2.64 bits per heavy atom. The molecule has 0 aliphatic carbocycles. The van der Waals surface area contributed by atoms with Crippen molar-refractivity contribution in [3.05, 3.63) is 35.4 Å². The molecule has 1 nitrogen and oxygen atoms in total. The largest absolute Gasteiger partial charge is 0.299 e. The van der Waals surface area contributed by atoms with Crippen LogP contribution in [0.5, 0.6) is 0 Å². The number of hydrogen-bond donors (Lipinski definition) is 0. The maximum absolute atomic E-state index is 13.1. The SMILES string of the molecule is CC(=O)[C@@H](Br)Cc1ccc(F)cc1F. The van der Waals surface area contributed by atoms with Gasteiger partial charge in [-0.1, -0.05) is 22.0 Å². The summed E-state index contributed by atoms with van der Waals surface area (Å²) in [5.74, 6) is -1.30. The number of hydrogen-bond acceptors (Lipinski definition) is 1. The van der Waals surface area contributed by atoms with Gasteiger partial charge in [0.2, 0.25) is 0 Å². The van der Waals surface area contributed by atoms with E-state index in [1.165, 1.54) is 19.1 Å². The summed E-state index contributed by atoms with van der Waals surface area (Å²) in [5, 5.41) is 0. The van der Waals surface area contributed by atoms with Crippen molar-refractivity contribution in [2.45, 2.75) is 18.2 Å². The fourth-order valence-electron chi connectivity index (χ4n) is 1.02. The Morgan fingerprint density at radius 2 is 2.14 bits per heavy atom. The van der Waals surface area contributed by atoms with Gasteiger partial charge in [-0.2, -0.15) is 0 Å². The minimum absolute atomic E-state index is 0.0753. The molecule has 0 aliphatic rings. The second-order valence-corrected chi connectivity index (χ2v) is 4.12. The summed E-state index contributed by atoms with van der Waals surface area (Å²) in [6, 6.07) is 3.34. The van der Waals surface area contributed by atoms with Crippen LogP contribution in [0.4, 0.5) is 8.78 Å². The van der Waals surface area contributed by atoms with E-state index in [-0.39, 0.29) is 12.2 Å². The Bertz CT molecular complexity index is 352. The van der Waals surface area contributed by atoms with Crippen molar-refractivity contribution in [1.29, 1.82) is 0 Å². The molecule has 0 amide bonds. The number of carbonyl (C=O) groups is 1. The van der Waals surface area contributed by atoms with E-state index < -0.39 is 16.5 Å². The molecule has 1 aromatic carbocycles. The van der Waals surface area contributed by atoms with Crippen molar-refractivity contribution in [3.63, 3.8) is 0 Å². The molecule has 1 aromatic rings. The molecule has 0 aliphatic heterocycles. The van der Waals surface area contributed by atoms with Crippen molar-refractivity contribution < 1.29 is 13.6 Å². The van der Waals surface area contributed by atoms with E-state index in [0.717, 1.165) is 6.07 Å². The van der Waals surface area contributed by atoms with Gasteiger partial charge < -0.3 is 0 Å². The predicted octanol–water partition coefficient (Wildman–Crippen LogP) is 2.86. The molecule has 0 aromatic heterocycles. The van der Waals surface area contributed by atoms with E-state index in [4.69, 9.17) is 0 Å². The van der Waals surface area contributed by atoms with Crippen LogP contribution in [0.1, 0.15) is 12.5 Å². The van der Waals surface area contributed by atoms with Crippen LogP contribution in [0.25, 0.3) is 0 Å². The monoisotopic (exact) mass is 262 g/mol. The van der Waals surface area contributed by atoms with Crippen LogP contribution in [0, 0.1) is 11.6 Å². The van der Waals surface area contributed by atoms with Gasteiger partial charge in [-0.05, 0) is 25.0 Å². The lowest BCUT2D eigenvalue weighted by Crippen LogP contribution is -2.13. The minimum Gasteiger partial charge on any atom is -0.299 e. The molecule has 0 heterocycles. The Morgan fingerprint density at radius 1 is 1.50 bits per heavy atom. The maximum Gasteiger partial charge on any atom is 0.143 e. The fourth-order valence-corrected chi connectivity index (χ4v) is 1.37. The molecule has 0 unspecified atom stereocenters. The van der Waals surface area contributed by atoms with Gasteiger partial charge in [0.1, 0.15) is 17.4 Å². The average Bonchev–Trinajstić information content (AvgIpc) is 2.09. The molecule has 4 heteroatoms. The molecule has 1 atom stereocenters. The number of ketones is 1. The molecule has 0 N–H and O–H groups in total. The smallest absolute Gasteiger partial charge is 0.143 e. The average molecular weight is 263 g/mol. The van der Waals surface area contributed by atoms with E-state index in [2.05, 4.69) is 15.9 Å². The third kappa shape index (κ3) is 2.87. The highest BCUT2D eigenvalue weighted by atomic mass is 79.9. The summed E-state index contributed by atoms with van der Waals surface area (Å²) in [7, 11) is 0. The maximum atomic E-state index is 13.1. The molecule has 0 fully saturated rings. The van der Waals surface area contributed by atoms with Gasteiger partial charge in [0.05, 0.1) is 4.83 Å². The van der Waals surface area contributed by atoms with Crippen LogP contribution in [-0.4, -0.2) is 10.6 Å². The van der Waals surface area contributed by atoms with Crippen LogP contribution in [-0.2, 0) is 11.2 Å². The first-order valence-corrected chi connectivity index (χ1v) is 5.00. The summed E-state index contributed by atoms with van der Waals surface area (Å²) in [6.07, 6.45) is 0.238. The fraction of sp³-hybridized carbons (Fsp3) is 0.300. The normalized spacial score (nSPS) is 12.6. The van der Waals surface area contributed by atoms with Crippen molar-refractivity contribution in [2.75, 3.05) is 0 Å². The molecule has 0 spiro atoms. The third-order valence-electron chi connectivity index (χ3n) is 1.86. The third-order valence-corrected chi connectivity index (χ3v) is 2.82. The summed E-state index contributed by atoms with van der Waals surface area (Å²) in [6.45, 7) is 1.42. The van der Waals surface area contributed by atoms with E-state index >= 15 is 0 Å². The summed E-state index contributed by atoms with van der Waals surface area (Å²) in [4.78, 5) is 10.5. The van der Waals surface area contributed by atoms with Gasteiger partial charge in [0.25, 0.3) is 0 Å². The highest BCUT2D eigenvalue weighted by Crippen LogP contribution is 2.15. The first kappa shape index (κ1) is 11.3. The zero-order valence-corrected chi connectivity index (χ0v) is 9.14. The first-order valence-electron chi connectivity index (χ1n) is 4.09. The van der Waals surface area contributed by atoms with Gasteiger partial charge in [0, 0.05) is 6.07 Å². The van der Waals surface area contributed by atoms with Crippen LogP contribution in [0.2, 0.25) is 0 Å². The highest BCUT2D eigenvalue weighted by molar-refractivity contribution is 9.10. The lowest BCUT2D eigenvalue weighted by molar-refractivity contribution is -0.116. The summed E-state index contributed by atoms with van der Waals surface area (Å²) < 4.78 is 25.6. The lowest BCUT2D eigenvalue weighted by Gasteiger charge is -2.06. The number of alkyl halides is 1. The molecule has 0 radical (unpaired) electrons. The van der Waals surface area contributed by atoms with Crippen LogP contribution in [0.15, 0.2) is 18.2 Å². The number of benzene rings is 1. The van der Waals surface area contributed by atoms with Gasteiger partial charge in [-0.3, -0.25) is 4.79 Å². The van der Waals surface area contributed by atoms with Crippen molar-refractivity contribution in [1.82, 2.24) is 0 Å². The Labute approximate surface area is 89.3 Å². The van der Waals surface area contributed by atoms with Crippen LogP contribution >= 0.6 is 15.9 Å². The molecular formula is C10H9BrF2O. The van der Waals surface area contributed by atoms with Crippen LogP contribution < -0.4 is 0 Å². The number of carbonyl (C=O) groups excluding carboxylic acids is 1. The quantitative estimate of drug-likeness (QED) is 0.766. The van der Waals surface area contributed by atoms with Crippen molar-refractivity contribution in [3.8, 4) is 0 Å². The Kier molecular flexibility index (Phi) is 3.75. The second-order valence-electron chi connectivity index (χ2n) is 3.02. The zero-order valence-electron chi connectivity index (χ0n) is 7.56. The molecule has 0 saturated heterocycles. The molecule has 0 saturated carbocycles. The van der Waals surface area contributed by atoms with Crippen molar-refractivity contribution >= 4 is 21.7 Å². The van der Waals surface area contributed by atoms with E-state index in [1.807, 2.05) is 0 Å². The number of rotatable bonds is 3. The molecule has 0 bridgehead atoms. The second kappa shape index (κ2) is 4.64. The summed E-state index contributed by atoms with van der Waals surface area (Å²) in [5.41, 5.74) is 0.337. The van der Waals surface area contributed by atoms with Crippen molar-refractivity contribution in [2.24, 2.45) is 0 Å². The van der Waals surface area contributed by atoms with Gasteiger partial charge in [-0.25, -0.2) is 8.78 Å². The Hall–Kier alpha value is -0.770. The topological polar surface area (TPSA) is 17.1 Å². The predicted molar refractivity (Wildman–Crippen MR) is 53.5 cm³/mol. The van der Waals surface area contributed by atoms with E-state index in [1.54, 1.807) is 0 Å². The minimum atomic E-state index is -0.615. The van der Waals surface area contributed by atoms with Gasteiger partial charge in [0.15, 0.2) is 0 Å². The first-order chi connectivity index (χ1) is 6.50. The van der Waals surface area contributed by atoms with Crippen LogP contribution in [0.3, 0.4) is 0 Å². The number of halogens is 3. The number of Topliss-reactive ketones (excluding diaryl/α,β-unsaturated/α-hetero) is 1. The van der Waals surface area contributed by atoms with E-state index in [0.29, 0.717) is 5.56 Å². The molecule has 14 heavy (non-hydrogen) atoms. The van der Waals surface area contributed by atoms with Gasteiger partial charge in [-0.15, -0.1) is 0 Å². The Balaban J connectivity index is 2.82. The lowest BCUT2D eigenvalue weighted by atomic mass is 10.1. The van der Waals surface area contributed by atoms with Gasteiger partial charge >= 0.3 is 0 Å². The zero-order chi connectivity index (χ0) is 10.7. The summed E-state index contributed by atoms with van der Waals surface area (Å²) >= 11 is 3.12. The standard InChI is InChI=1S/C10H9BrF2O/c1-6(14)9(11)4-7-2-3-8(12)5-10(7)13/h2-3,5,9H,4H2,1H3/t9-/m0/s1. The van der Waals surface area contributed by atoms with E-state index in [9.17, 15) is 13.6 Å². The molecule has 76 valence electrons. The molecular weight excluding hydrogens is 254 g/mol.